The van der Waals surface area contributed by atoms with E-state index in [9.17, 15) is 0 Å². The number of nitrogens with two attached hydrogens (primary N) is 1. The number of nitrogens with one attached hydrogen (secondary N) is 1. The Balaban J connectivity index is 1.92. The maximum atomic E-state index is 5.75. The molecule has 0 aliphatic carbocycles. The second-order valence-electron chi connectivity index (χ2n) is 4.65. The van der Waals surface area contributed by atoms with Crippen LogP contribution in [0.4, 0.5) is 5.69 Å². The molecule has 3 rings (SSSR count). The molecule has 0 saturated carbocycles. The van der Waals surface area contributed by atoms with Crippen molar-refractivity contribution in [1.82, 2.24) is 9.97 Å². The van der Waals surface area contributed by atoms with E-state index in [0.29, 0.717) is 0 Å². The number of nitrogen functional groups attached to an aromatic ring is 1. The summed E-state index contributed by atoms with van der Waals surface area (Å²) in [7, 11) is 0. The van der Waals surface area contributed by atoms with E-state index in [2.05, 4.69) is 29.0 Å². The molecule has 2 aromatic carbocycles. The van der Waals surface area contributed by atoms with Crippen LogP contribution in [-0.2, 0) is 0 Å². The first-order valence-electron chi connectivity index (χ1n) is 6.21. The van der Waals surface area contributed by atoms with Crippen LogP contribution in [0, 0.1) is 6.92 Å². The zero-order valence-corrected chi connectivity index (χ0v) is 10.7. The van der Waals surface area contributed by atoms with Gasteiger partial charge in [-0.05, 0) is 48.4 Å². The van der Waals surface area contributed by atoms with Gasteiger partial charge in [0.25, 0.3) is 0 Å². The van der Waals surface area contributed by atoms with Crippen molar-refractivity contribution in [2.75, 3.05) is 5.73 Å². The summed E-state index contributed by atoms with van der Waals surface area (Å²) in [5.74, 6) is 0.850. The van der Waals surface area contributed by atoms with Crippen LogP contribution in [0.1, 0.15) is 17.0 Å². The third-order valence-corrected chi connectivity index (χ3v) is 3.00. The maximum Gasteiger partial charge on any atom is 0.131 e. The third kappa shape index (κ3) is 2.50. The molecule has 0 unspecified atom stereocenters. The maximum absolute atomic E-state index is 5.75. The Morgan fingerprint density at radius 3 is 2.84 bits per heavy atom. The number of aromatic amines is 1. The summed E-state index contributed by atoms with van der Waals surface area (Å²) in [5, 5.41) is 0. The molecule has 19 heavy (non-hydrogen) atoms. The number of H-pyrrole nitrogens is 1. The number of anilines is 1. The van der Waals surface area contributed by atoms with Crippen LogP contribution in [-0.4, -0.2) is 9.97 Å². The lowest BCUT2D eigenvalue weighted by Gasteiger charge is -1.94. The minimum atomic E-state index is 0.766. The highest BCUT2D eigenvalue weighted by Gasteiger charge is 1.99. The molecule has 0 aliphatic heterocycles. The number of nitrogens with zero attached hydrogens (tertiary/aromatic N) is 1. The van der Waals surface area contributed by atoms with E-state index in [1.165, 1.54) is 5.56 Å². The number of hydrogen-bond donors (Lipinski definition) is 2. The summed E-state index contributed by atoms with van der Waals surface area (Å²) >= 11 is 0. The van der Waals surface area contributed by atoms with Gasteiger partial charge in [0, 0.05) is 5.69 Å². The first-order chi connectivity index (χ1) is 9.20. The van der Waals surface area contributed by atoms with Gasteiger partial charge in [0.05, 0.1) is 11.0 Å². The summed E-state index contributed by atoms with van der Waals surface area (Å²) in [6.07, 6.45) is 3.96. The molecule has 0 aliphatic rings. The molecule has 0 fully saturated rings. The van der Waals surface area contributed by atoms with Gasteiger partial charge in [0.2, 0.25) is 0 Å². The smallest absolute Gasteiger partial charge is 0.131 e. The molecule has 94 valence electrons. The van der Waals surface area contributed by atoms with E-state index < -0.39 is 0 Å². The van der Waals surface area contributed by atoms with Crippen LogP contribution in [0.3, 0.4) is 0 Å². The van der Waals surface area contributed by atoms with Gasteiger partial charge in [-0.2, -0.15) is 0 Å². The van der Waals surface area contributed by atoms with Crippen molar-refractivity contribution < 1.29 is 0 Å². The van der Waals surface area contributed by atoms with E-state index in [0.717, 1.165) is 28.1 Å². The van der Waals surface area contributed by atoms with Gasteiger partial charge < -0.3 is 10.7 Å². The van der Waals surface area contributed by atoms with Gasteiger partial charge in [0.1, 0.15) is 5.82 Å². The monoisotopic (exact) mass is 249 g/mol. The fourth-order valence-electron chi connectivity index (χ4n) is 2.06. The second-order valence-corrected chi connectivity index (χ2v) is 4.65. The number of imidazole rings is 1. The molecule has 0 atom stereocenters. The van der Waals surface area contributed by atoms with Gasteiger partial charge in [0.15, 0.2) is 0 Å². The van der Waals surface area contributed by atoms with Crippen molar-refractivity contribution in [3.63, 3.8) is 0 Å². The van der Waals surface area contributed by atoms with Gasteiger partial charge >= 0.3 is 0 Å². The number of aromatic nitrogens is 2. The highest BCUT2D eigenvalue weighted by molar-refractivity contribution is 5.79. The van der Waals surface area contributed by atoms with Gasteiger partial charge in [-0.1, -0.05) is 24.3 Å². The van der Waals surface area contributed by atoms with Crippen LogP contribution in [0.2, 0.25) is 0 Å². The molecule has 1 aromatic heterocycles. The van der Waals surface area contributed by atoms with Crippen molar-refractivity contribution in [3.05, 3.63) is 59.4 Å². The summed E-state index contributed by atoms with van der Waals surface area (Å²) in [5.41, 5.74) is 10.9. The van der Waals surface area contributed by atoms with Crippen molar-refractivity contribution >= 4 is 28.9 Å². The number of fused-ring (bicyclic) bond motifs is 1. The Morgan fingerprint density at radius 1 is 1.11 bits per heavy atom. The second kappa shape index (κ2) is 4.61. The Hall–Kier alpha value is -2.55. The molecule has 3 heteroatoms. The summed E-state index contributed by atoms with van der Waals surface area (Å²) < 4.78 is 0. The minimum Gasteiger partial charge on any atom is -0.399 e. The lowest BCUT2D eigenvalue weighted by atomic mass is 10.2. The normalized spacial score (nSPS) is 11.4. The van der Waals surface area contributed by atoms with Crippen molar-refractivity contribution in [2.45, 2.75) is 6.92 Å². The predicted octanol–water partition coefficient (Wildman–Crippen LogP) is 3.62. The summed E-state index contributed by atoms with van der Waals surface area (Å²) in [6.45, 7) is 2.07. The molecular formula is C16H15N3. The van der Waals surface area contributed by atoms with E-state index in [4.69, 9.17) is 5.73 Å². The van der Waals surface area contributed by atoms with E-state index in [1.807, 2.05) is 42.5 Å². The van der Waals surface area contributed by atoms with E-state index >= 15 is 0 Å². The lowest BCUT2D eigenvalue weighted by molar-refractivity contribution is 1.29. The standard InChI is InChI=1S/C16H15N3/c1-11-5-7-14-15(9-11)19-16(18-14)8-6-12-3-2-4-13(17)10-12/h2-10H,17H2,1H3,(H,18,19). The van der Waals surface area contributed by atoms with E-state index in [1.54, 1.807) is 0 Å². The molecule has 3 N–H and O–H groups in total. The third-order valence-electron chi connectivity index (χ3n) is 3.00. The number of aryl methyl sites for hydroxylation is 1. The van der Waals surface area contributed by atoms with Crippen LogP contribution in [0.25, 0.3) is 23.2 Å². The number of benzene rings is 2. The van der Waals surface area contributed by atoms with Gasteiger partial charge in [-0.3, -0.25) is 0 Å². The Labute approximate surface area is 111 Å². The summed E-state index contributed by atoms with van der Waals surface area (Å²) in [4.78, 5) is 7.81. The van der Waals surface area contributed by atoms with Crippen LogP contribution >= 0.6 is 0 Å². The van der Waals surface area contributed by atoms with Crippen molar-refractivity contribution in [2.24, 2.45) is 0 Å². The molecular weight excluding hydrogens is 234 g/mol. The molecule has 0 amide bonds. The van der Waals surface area contributed by atoms with E-state index in [-0.39, 0.29) is 0 Å². The Bertz CT molecular complexity index is 754. The molecule has 3 aromatic rings. The Morgan fingerprint density at radius 2 is 2.00 bits per heavy atom. The lowest BCUT2D eigenvalue weighted by Crippen LogP contribution is -1.83. The number of hydrogen-bond acceptors (Lipinski definition) is 2. The van der Waals surface area contributed by atoms with Gasteiger partial charge in [-0.25, -0.2) is 4.98 Å². The van der Waals surface area contributed by atoms with Crippen LogP contribution in [0.15, 0.2) is 42.5 Å². The van der Waals surface area contributed by atoms with Crippen molar-refractivity contribution in [3.8, 4) is 0 Å². The molecule has 1 heterocycles. The largest absolute Gasteiger partial charge is 0.399 e. The average Bonchev–Trinajstić information content (AvgIpc) is 2.78. The molecule has 0 spiro atoms. The van der Waals surface area contributed by atoms with Crippen LogP contribution in [0.5, 0.6) is 0 Å². The molecule has 0 bridgehead atoms. The number of rotatable bonds is 2. The average molecular weight is 249 g/mol. The first kappa shape index (κ1) is 11.5. The summed E-state index contributed by atoms with van der Waals surface area (Å²) in [6, 6.07) is 14.0. The quantitative estimate of drug-likeness (QED) is 0.681. The predicted molar refractivity (Wildman–Crippen MR) is 80.6 cm³/mol. The van der Waals surface area contributed by atoms with Crippen LogP contribution < -0.4 is 5.73 Å². The fourth-order valence-corrected chi connectivity index (χ4v) is 2.06. The SMILES string of the molecule is Cc1ccc2nc(C=Cc3cccc(N)c3)[nH]c2c1. The highest BCUT2D eigenvalue weighted by atomic mass is 14.9. The zero-order valence-electron chi connectivity index (χ0n) is 10.7. The molecule has 0 radical (unpaired) electrons. The first-order valence-corrected chi connectivity index (χ1v) is 6.21. The fraction of sp³-hybridized carbons (Fsp3) is 0.0625. The minimum absolute atomic E-state index is 0.766. The molecule has 3 nitrogen and oxygen atoms in total. The Kier molecular flexibility index (Phi) is 2.80. The molecule has 0 saturated heterocycles. The zero-order chi connectivity index (χ0) is 13.2. The van der Waals surface area contributed by atoms with Crippen molar-refractivity contribution in [1.29, 1.82) is 0 Å². The van der Waals surface area contributed by atoms with Gasteiger partial charge in [-0.15, -0.1) is 0 Å². The topological polar surface area (TPSA) is 54.7 Å². The highest BCUT2D eigenvalue weighted by Crippen LogP contribution is 2.15.